The minimum atomic E-state index is -0.527. The molecule has 0 saturated heterocycles. The Morgan fingerprint density at radius 2 is 2.17 bits per heavy atom. The summed E-state index contributed by atoms with van der Waals surface area (Å²) in [5.41, 5.74) is 2.72. The smallest absolute Gasteiger partial charge is 0.341 e. The summed E-state index contributed by atoms with van der Waals surface area (Å²) in [6, 6.07) is 7.98. The van der Waals surface area contributed by atoms with Gasteiger partial charge in [0.15, 0.2) is 0 Å². The summed E-state index contributed by atoms with van der Waals surface area (Å²) in [5.74, 6) is -0.527. The molecule has 120 valence electrons. The van der Waals surface area contributed by atoms with E-state index in [0.29, 0.717) is 17.8 Å². The molecule has 0 radical (unpaired) electrons. The Morgan fingerprint density at radius 1 is 1.29 bits per heavy atom. The number of esters is 1. The second-order valence-electron chi connectivity index (χ2n) is 5.51. The van der Waals surface area contributed by atoms with Gasteiger partial charge >= 0.3 is 5.97 Å². The number of aromatic nitrogens is 4. The average molecular weight is 322 g/mol. The van der Waals surface area contributed by atoms with Crippen LogP contribution in [0.15, 0.2) is 47.7 Å². The highest BCUT2D eigenvalue weighted by atomic mass is 16.5. The van der Waals surface area contributed by atoms with Crippen LogP contribution in [0.4, 0.5) is 0 Å². The van der Waals surface area contributed by atoms with Crippen LogP contribution < -0.4 is 5.56 Å². The molecule has 0 fully saturated rings. The number of benzene rings is 1. The molecule has 2 N–H and O–H groups in total. The number of nitrogens with one attached hydrogen (secondary N) is 2. The highest BCUT2D eigenvalue weighted by Crippen LogP contribution is 2.23. The fourth-order valence-corrected chi connectivity index (χ4v) is 2.93. The van der Waals surface area contributed by atoms with E-state index in [1.807, 2.05) is 30.5 Å². The number of carbonyl (C=O) groups excluding carboxylic acids is 1. The molecule has 0 amide bonds. The molecule has 2 aliphatic heterocycles. The van der Waals surface area contributed by atoms with Gasteiger partial charge in [-0.15, -0.1) is 0 Å². The number of aromatic amines is 2. The molecule has 24 heavy (non-hydrogen) atoms. The highest BCUT2D eigenvalue weighted by Gasteiger charge is 2.21. The molecule has 1 aromatic carbocycles. The molecular formula is C17H14N4O3. The molecule has 0 saturated carbocycles. The van der Waals surface area contributed by atoms with Gasteiger partial charge in [-0.1, -0.05) is 12.1 Å². The Labute approximate surface area is 136 Å². The lowest BCUT2D eigenvalue weighted by atomic mass is 10.1. The summed E-state index contributed by atoms with van der Waals surface area (Å²) >= 11 is 0. The van der Waals surface area contributed by atoms with E-state index in [9.17, 15) is 9.59 Å². The van der Waals surface area contributed by atoms with Crippen LogP contribution in [0.1, 0.15) is 15.9 Å². The molecule has 0 atom stereocenters. The molecule has 0 spiro atoms. The van der Waals surface area contributed by atoms with Crippen molar-refractivity contribution in [1.82, 2.24) is 19.7 Å². The van der Waals surface area contributed by atoms with Crippen molar-refractivity contribution < 1.29 is 9.53 Å². The van der Waals surface area contributed by atoms with E-state index >= 15 is 0 Å². The predicted molar refractivity (Wildman–Crippen MR) is 88.2 cm³/mol. The van der Waals surface area contributed by atoms with Gasteiger partial charge in [0, 0.05) is 36.0 Å². The van der Waals surface area contributed by atoms with E-state index in [4.69, 9.17) is 4.74 Å². The highest BCUT2D eigenvalue weighted by molar-refractivity contribution is 5.96. The largest absolute Gasteiger partial charge is 0.465 e. The van der Waals surface area contributed by atoms with Crippen molar-refractivity contribution in [2.75, 3.05) is 7.11 Å². The van der Waals surface area contributed by atoms with Gasteiger partial charge in [0.05, 0.1) is 12.7 Å². The molecule has 2 aliphatic rings. The molecular weight excluding hydrogens is 308 g/mol. The Kier molecular flexibility index (Phi) is 3.19. The zero-order chi connectivity index (χ0) is 16.7. The minimum Gasteiger partial charge on any atom is -0.465 e. The Balaban J connectivity index is 1.86. The number of H-pyrrole nitrogens is 2. The van der Waals surface area contributed by atoms with Crippen molar-refractivity contribution in [3.05, 3.63) is 64.3 Å². The van der Waals surface area contributed by atoms with Crippen molar-refractivity contribution in [3.8, 4) is 11.3 Å². The van der Waals surface area contributed by atoms with Crippen LogP contribution >= 0.6 is 0 Å². The fourth-order valence-electron chi connectivity index (χ4n) is 2.93. The predicted octanol–water partition coefficient (Wildman–Crippen LogP) is 1.99. The van der Waals surface area contributed by atoms with E-state index in [1.165, 1.54) is 7.11 Å². The fraction of sp³-hybridized carbons (Fsp3) is 0.118. The summed E-state index contributed by atoms with van der Waals surface area (Å²) in [6.45, 7) is 0.514. The van der Waals surface area contributed by atoms with E-state index in [0.717, 1.165) is 16.5 Å². The molecule has 4 rings (SSSR count). The van der Waals surface area contributed by atoms with Gasteiger partial charge < -0.3 is 14.3 Å². The SMILES string of the molecule is COC(=O)c1cn(Cc2cccc3[nH]ccc23)cc2c(=O)[nH]nc1-2. The van der Waals surface area contributed by atoms with Crippen molar-refractivity contribution in [2.45, 2.75) is 6.54 Å². The van der Waals surface area contributed by atoms with Crippen molar-refractivity contribution in [1.29, 1.82) is 0 Å². The van der Waals surface area contributed by atoms with Crippen LogP contribution in [0.5, 0.6) is 0 Å². The third-order valence-electron chi connectivity index (χ3n) is 4.06. The summed E-state index contributed by atoms with van der Waals surface area (Å²) < 4.78 is 6.60. The number of pyridine rings is 1. The lowest BCUT2D eigenvalue weighted by molar-refractivity contribution is 0.0600. The number of nitrogens with zero attached hydrogens (tertiary/aromatic N) is 2. The van der Waals surface area contributed by atoms with Crippen LogP contribution in [0.2, 0.25) is 0 Å². The van der Waals surface area contributed by atoms with E-state index in [1.54, 1.807) is 17.0 Å². The molecule has 0 aliphatic carbocycles. The Hall–Kier alpha value is -3.35. The Morgan fingerprint density at radius 3 is 3.00 bits per heavy atom. The standard InChI is InChI=1S/C17H14N4O3/c1-24-17(23)13-9-21(8-12-15(13)19-20-16(12)22)7-10-3-2-4-14-11(10)5-6-18-14/h2-6,8-9,18H,7H2,1H3,(H,20,22). The summed E-state index contributed by atoms with van der Waals surface area (Å²) in [7, 11) is 1.30. The second kappa shape index (κ2) is 5.38. The lowest BCUT2D eigenvalue weighted by Gasteiger charge is -2.12. The van der Waals surface area contributed by atoms with Gasteiger partial charge in [0.2, 0.25) is 0 Å². The van der Waals surface area contributed by atoms with Gasteiger partial charge in [0.25, 0.3) is 5.56 Å². The zero-order valence-corrected chi connectivity index (χ0v) is 12.9. The van der Waals surface area contributed by atoms with Crippen LogP contribution in [0.25, 0.3) is 22.2 Å². The van der Waals surface area contributed by atoms with Gasteiger partial charge in [0.1, 0.15) is 11.3 Å². The molecule has 3 heterocycles. The minimum absolute atomic E-state index is 0.259. The molecule has 1 aromatic heterocycles. The molecule has 2 aromatic rings. The molecule has 7 heteroatoms. The van der Waals surface area contributed by atoms with Gasteiger partial charge in [-0.25, -0.2) is 9.89 Å². The average Bonchev–Trinajstić information content (AvgIpc) is 3.21. The summed E-state index contributed by atoms with van der Waals surface area (Å²) in [6.07, 6.45) is 5.23. The van der Waals surface area contributed by atoms with Crippen molar-refractivity contribution in [3.63, 3.8) is 0 Å². The number of hydrogen-bond donors (Lipinski definition) is 2. The number of carbonyl (C=O) groups is 1. The number of methoxy groups -OCH3 is 1. The first-order chi connectivity index (χ1) is 11.7. The van der Waals surface area contributed by atoms with Crippen LogP contribution in [-0.4, -0.2) is 32.8 Å². The maximum absolute atomic E-state index is 12.0. The number of ether oxygens (including phenoxy) is 1. The first-order valence-corrected chi connectivity index (χ1v) is 7.39. The second-order valence-corrected chi connectivity index (χ2v) is 5.51. The molecule has 7 nitrogen and oxygen atoms in total. The van der Waals surface area contributed by atoms with Crippen molar-refractivity contribution in [2.24, 2.45) is 0 Å². The van der Waals surface area contributed by atoms with Gasteiger partial charge in [-0.05, 0) is 17.7 Å². The number of fused-ring (bicyclic) bond motifs is 2. The third kappa shape index (κ3) is 2.18. The normalized spacial score (nSPS) is 11.2. The maximum atomic E-state index is 12.0. The monoisotopic (exact) mass is 322 g/mol. The van der Waals surface area contributed by atoms with Gasteiger partial charge in [-0.3, -0.25) is 4.79 Å². The van der Waals surface area contributed by atoms with E-state index in [2.05, 4.69) is 15.2 Å². The summed E-state index contributed by atoms with van der Waals surface area (Å²) in [5, 5.41) is 7.40. The lowest BCUT2D eigenvalue weighted by Crippen LogP contribution is -2.12. The maximum Gasteiger partial charge on any atom is 0.341 e. The van der Waals surface area contributed by atoms with E-state index < -0.39 is 5.97 Å². The van der Waals surface area contributed by atoms with Crippen LogP contribution in [0.3, 0.4) is 0 Å². The van der Waals surface area contributed by atoms with Crippen molar-refractivity contribution >= 4 is 16.9 Å². The molecule has 0 bridgehead atoms. The first-order valence-electron chi connectivity index (χ1n) is 7.39. The Bertz CT molecular complexity index is 1070. The van der Waals surface area contributed by atoms with Crippen LogP contribution in [0, 0.1) is 0 Å². The quantitative estimate of drug-likeness (QED) is 0.564. The topological polar surface area (TPSA) is 92.8 Å². The number of hydrogen-bond acceptors (Lipinski definition) is 4. The molecule has 0 unspecified atom stereocenters. The number of rotatable bonds is 3. The first kappa shape index (κ1) is 14.3. The van der Waals surface area contributed by atoms with E-state index in [-0.39, 0.29) is 11.1 Å². The third-order valence-corrected chi connectivity index (χ3v) is 4.06. The van der Waals surface area contributed by atoms with Crippen LogP contribution in [-0.2, 0) is 11.3 Å². The zero-order valence-electron chi connectivity index (χ0n) is 12.9. The summed E-state index contributed by atoms with van der Waals surface area (Å²) in [4.78, 5) is 27.1. The van der Waals surface area contributed by atoms with Gasteiger partial charge in [-0.2, -0.15) is 5.10 Å².